The number of hydroxylamine groups is 4. The molecule has 2 atom stereocenters. The molecule has 2 aromatic rings. The summed E-state index contributed by atoms with van der Waals surface area (Å²) in [6.07, 6.45) is 2.69. The summed E-state index contributed by atoms with van der Waals surface area (Å²) >= 11 is 0. The predicted molar refractivity (Wildman–Crippen MR) is 116 cm³/mol. The molecule has 2 fully saturated rings. The van der Waals surface area contributed by atoms with Crippen molar-refractivity contribution in [2.24, 2.45) is 0 Å². The summed E-state index contributed by atoms with van der Waals surface area (Å²) in [6.45, 7) is -0.507. The molecule has 1 heterocycles. The third-order valence-electron chi connectivity index (χ3n) is 5.97. The van der Waals surface area contributed by atoms with Crippen LogP contribution in [0.25, 0.3) is 0 Å². The number of carbonyl (C=O) groups is 2. The molecule has 2 amide bonds. The van der Waals surface area contributed by atoms with E-state index in [1.165, 1.54) is 36.4 Å². The SMILES string of the molecule is O=C1C(=O)N(OCc2ccccc2[N+](=O)[O-])[C@H]2CCCC[C@H]2N1OCc1ccccc1[N+](=O)[O-]. The van der Waals surface area contributed by atoms with Gasteiger partial charge >= 0.3 is 11.8 Å². The second-order valence-corrected chi connectivity index (χ2v) is 8.00. The van der Waals surface area contributed by atoms with Gasteiger partial charge < -0.3 is 0 Å². The van der Waals surface area contributed by atoms with E-state index in [2.05, 4.69) is 0 Å². The first kappa shape index (κ1) is 23.3. The minimum Gasteiger partial charge on any atom is -0.265 e. The van der Waals surface area contributed by atoms with Crippen LogP contribution in [0.5, 0.6) is 0 Å². The summed E-state index contributed by atoms with van der Waals surface area (Å²) in [4.78, 5) is 58.6. The van der Waals surface area contributed by atoms with Gasteiger partial charge in [0.05, 0.1) is 33.1 Å². The number of rotatable bonds is 8. The lowest BCUT2D eigenvalue weighted by molar-refractivity contribution is -0.386. The van der Waals surface area contributed by atoms with Gasteiger partial charge in [-0.3, -0.25) is 39.5 Å². The summed E-state index contributed by atoms with van der Waals surface area (Å²) in [5.74, 6) is -1.91. The minimum absolute atomic E-state index is 0.145. The number of nitro benzene ring substituents is 2. The van der Waals surface area contributed by atoms with Gasteiger partial charge in [-0.1, -0.05) is 37.1 Å². The Labute approximate surface area is 193 Å². The van der Waals surface area contributed by atoms with Crippen LogP contribution < -0.4 is 0 Å². The van der Waals surface area contributed by atoms with Crippen LogP contribution in [0.3, 0.4) is 0 Å². The van der Waals surface area contributed by atoms with Gasteiger partial charge in [-0.15, -0.1) is 0 Å². The molecule has 0 unspecified atom stereocenters. The van der Waals surface area contributed by atoms with Crippen molar-refractivity contribution in [3.63, 3.8) is 0 Å². The molecule has 2 aromatic carbocycles. The van der Waals surface area contributed by atoms with Crippen molar-refractivity contribution in [2.75, 3.05) is 0 Å². The summed E-state index contributed by atoms with van der Waals surface area (Å²) in [6, 6.07) is 11.0. The Morgan fingerprint density at radius 2 is 1.12 bits per heavy atom. The molecule has 0 spiro atoms. The minimum atomic E-state index is -0.954. The Kier molecular flexibility index (Phi) is 6.80. The molecule has 1 saturated heterocycles. The first-order valence-electron chi connectivity index (χ1n) is 10.8. The highest BCUT2D eigenvalue weighted by molar-refractivity contribution is 6.35. The zero-order valence-corrected chi connectivity index (χ0v) is 18.1. The Balaban J connectivity index is 1.51. The van der Waals surface area contributed by atoms with Crippen molar-refractivity contribution < 1.29 is 29.1 Å². The number of amides is 2. The second kappa shape index (κ2) is 9.93. The molecule has 34 heavy (non-hydrogen) atoms. The van der Waals surface area contributed by atoms with E-state index in [4.69, 9.17) is 9.68 Å². The van der Waals surface area contributed by atoms with E-state index < -0.39 is 33.7 Å². The molecule has 2 aliphatic rings. The van der Waals surface area contributed by atoms with Crippen LogP contribution in [0, 0.1) is 20.2 Å². The number of para-hydroxylation sites is 2. The third kappa shape index (κ3) is 4.58. The molecule has 0 radical (unpaired) electrons. The highest BCUT2D eigenvalue weighted by Gasteiger charge is 2.49. The fraction of sp³-hybridized carbons (Fsp3) is 0.364. The summed E-state index contributed by atoms with van der Waals surface area (Å²) in [5, 5.41) is 24.5. The van der Waals surface area contributed by atoms with E-state index in [9.17, 15) is 29.8 Å². The topological polar surface area (TPSA) is 145 Å². The maximum absolute atomic E-state index is 12.9. The van der Waals surface area contributed by atoms with Gasteiger partial charge in [-0.25, -0.2) is 10.1 Å². The molecule has 178 valence electrons. The number of hydrogen-bond acceptors (Lipinski definition) is 8. The Morgan fingerprint density at radius 3 is 1.50 bits per heavy atom. The molecule has 1 aliphatic heterocycles. The van der Waals surface area contributed by atoms with Crippen molar-refractivity contribution in [2.45, 2.75) is 51.0 Å². The lowest BCUT2D eigenvalue weighted by Crippen LogP contribution is -2.65. The van der Waals surface area contributed by atoms with Crippen LogP contribution in [-0.4, -0.2) is 43.9 Å². The lowest BCUT2D eigenvalue weighted by atomic mass is 9.88. The van der Waals surface area contributed by atoms with E-state index in [1.807, 2.05) is 0 Å². The van der Waals surface area contributed by atoms with Crippen LogP contribution in [0.1, 0.15) is 36.8 Å². The predicted octanol–water partition coefficient (Wildman–Crippen LogP) is 3.05. The number of fused-ring (bicyclic) bond motifs is 1. The van der Waals surface area contributed by atoms with Gasteiger partial charge in [-0.2, -0.15) is 0 Å². The number of nitrogens with zero attached hydrogens (tertiary/aromatic N) is 4. The smallest absolute Gasteiger partial charge is 0.265 e. The molecule has 1 saturated carbocycles. The fourth-order valence-electron chi connectivity index (χ4n) is 4.34. The second-order valence-electron chi connectivity index (χ2n) is 8.00. The molecule has 12 heteroatoms. The highest BCUT2D eigenvalue weighted by atomic mass is 16.7. The quantitative estimate of drug-likeness (QED) is 0.325. The maximum atomic E-state index is 12.9. The standard InChI is InChI=1S/C22H22N4O8/c27-21-22(28)24(34-14-16-8-2-4-10-18(16)26(31)32)20-12-6-5-11-19(20)23(21)33-13-15-7-1-3-9-17(15)25(29)30/h1-4,7-10,19-20H,5-6,11-14H2/t19-,20+. The maximum Gasteiger partial charge on any atom is 0.338 e. The summed E-state index contributed by atoms with van der Waals surface area (Å²) < 4.78 is 0. The number of piperazine rings is 1. The zero-order chi connectivity index (χ0) is 24.2. The van der Waals surface area contributed by atoms with Crippen LogP contribution in [0.4, 0.5) is 11.4 Å². The summed E-state index contributed by atoms with van der Waals surface area (Å²) in [7, 11) is 0. The van der Waals surface area contributed by atoms with Crippen molar-refractivity contribution >= 4 is 23.2 Å². The van der Waals surface area contributed by atoms with Gasteiger partial charge in [0.1, 0.15) is 13.2 Å². The van der Waals surface area contributed by atoms with Gasteiger partial charge in [0.15, 0.2) is 0 Å². The van der Waals surface area contributed by atoms with Gasteiger partial charge in [0.25, 0.3) is 11.4 Å². The summed E-state index contributed by atoms with van der Waals surface area (Å²) in [5.41, 5.74) is 0.256. The molecule has 12 nitrogen and oxygen atoms in total. The van der Waals surface area contributed by atoms with Gasteiger partial charge in [0.2, 0.25) is 0 Å². The number of carbonyl (C=O) groups excluding carboxylic acids is 2. The van der Waals surface area contributed by atoms with E-state index in [-0.39, 0.29) is 35.7 Å². The molecular formula is C22H22N4O8. The van der Waals surface area contributed by atoms with Crippen LogP contribution in [0.15, 0.2) is 48.5 Å². The van der Waals surface area contributed by atoms with Crippen LogP contribution >= 0.6 is 0 Å². The molecule has 4 rings (SSSR count). The Hall–Kier alpha value is -3.90. The molecule has 0 bridgehead atoms. The number of nitro groups is 2. The van der Waals surface area contributed by atoms with Crippen molar-refractivity contribution in [3.8, 4) is 0 Å². The average molecular weight is 470 g/mol. The number of hydrogen-bond donors (Lipinski definition) is 0. The van der Waals surface area contributed by atoms with Crippen molar-refractivity contribution in [1.29, 1.82) is 0 Å². The van der Waals surface area contributed by atoms with Gasteiger partial charge in [-0.05, 0) is 25.0 Å². The zero-order valence-electron chi connectivity index (χ0n) is 18.1. The van der Waals surface area contributed by atoms with Gasteiger partial charge in [0, 0.05) is 12.1 Å². The van der Waals surface area contributed by atoms with E-state index in [1.54, 1.807) is 12.1 Å². The van der Waals surface area contributed by atoms with Crippen molar-refractivity contribution in [1.82, 2.24) is 10.1 Å². The average Bonchev–Trinajstić information content (AvgIpc) is 2.84. The van der Waals surface area contributed by atoms with Crippen LogP contribution in [0.2, 0.25) is 0 Å². The van der Waals surface area contributed by atoms with E-state index in [0.29, 0.717) is 12.8 Å². The third-order valence-corrected chi connectivity index (χ3v) is 5.97. The number of benzene rings is 2. The fourth-order valence-corrected chi connectivity index (χ4v) is 4.34. The molecule has 0 aromatic heterocycles. The molecule has 1 aliphatic carbocycles. The molecule has 0 N–H and O–H groups in total. The molecular weight excluding hydrogens is 448 g/mol. The van der Waals surface area contributed by atoms with Crippen molar-refractivity contribution in [3.05, 3.63) is 79.9 Å². The van der Waals surface area contributed by atoms with E-state index >= 15 is 0 Å². The monoisotopic (exact) mass is 470 g/mol. The Morgan fingerprint density at radius 1 is 0.735 bits per heavy atom. The van der Waals surface area contributed by atoms with E-state index in [0.717, 1.165) is 23.0 Å². The highest BCUT2D eigenvalue weighted by Crippen LogP contribution is 2.33. The van der Waals surface area contributed by atoms with Crippen LogP contribution in [-0.2, 0) is 32.5 Å². The Bertz CT molecular complexity index is 1040. The largest absolute Gasteiger partial charge is 0.338 e. The first-order valence-corrected chi connectivity index (χ1v) is 10.8. The lowest BCUT2D eigenvalue weighted by Gasteiger charge is -2.46. The normalized spacial score (nSPS) is 20.2. The first-order chi connectivity index (χ1) is 16.4.